The third kappa shape index (κ3) is 7.79. The lowest BCUT2D eigenvalue weighted by molar-refractivity contribution is 0.175. The number of benzene rings is 2. The zero-order valence-corrected chi connectivity index (χ0v) is 12.5. The van der Waals surface area contributed by atoms with Crippen molar-refractivity contribution in [2.45, 2.75) is 13.0 Å². The summed E-state index contributed by atoms with van der Waals surface area (Å²) in [4.78, 5) is 0. The molecule has 20 heavy (non-hydrogen) atoms. The fourth-order valence-corrected chi connectivity index (χ4v) is 1.53. The highest BCUT2D eigenvalue weighted by atomic mass is 35.5. The van der Waals surface area contributed by atoms with Crippen molar-refractivity contribution < 1.29 is 5.11 Å². The fraction of sp³-hybridized carbons (Fsp3) is 0.250. The second-order valence-electron chi connectivity index (χ2n) is 4.14. The molecule has 0 saturated heterocycles. The van der Waals surface area contributed by atoms with Crippen LogP contribution in [0.2, 0.25) is 0 Å². The summed E-state index contributed by atoms with van der Waals surface area (Å²) < 4.78 is 0. The summed E-state index contributed by atoms with van der Waals surface area (Å²) in [5, 5.41) is 12.7. The minimum Gasteiger partial charge on any atom is -0.399 e. The van der Waals surface area contributed by atoms with Crippen LogP contribution in [0, 0.1) is 0 Å². The van der Waals surface area contributed by atoms with E-state index < -0.39 is 0 Å². The summed E-state index contributed by atoms with van der Waals surface area (Å²) in [5.41, 5.74) is 7.15. The second-order valence-corrected chi connectivity index (χ2v) is 4.14. The molecule has 0 bridgehead atoms. The number of rotatable bonds is 4. The molecular formula is C16H23ClN2O. The van der Waals surface area contributed by atoms with Crippen LogP contribution in [0.15, 0.2) is 60.7 Å². The van der Waals surface area contributed by atoms with Gasteiger partial charge in [-0.3, -0.25) is 0 Å². The molecule has 110 valence electrons. The maximum absolute atomic E-state index is 9.59. The summed E-state index contributed by atoms with van der Waals surface area (Å²) in [6.07, 6.45) is -0.383. The van der Waals surface area contributed by atoms with Gasteiger partial charge in [0.1, 0.15) is 0 Å². The molecule has 1 unspecified atom stereocenters. The van der Waals surface area contributed by atoms with Crippen molar-refractivity contribution in [3.8, 4) is 0 Å². The van der Waals surface area contributed by atoms with E-state index in [0.29, 0.717) is 6.54 Å². The van der Waals surface area contributed by atoms with Crippen molar-refractivity contribution in [3.05, 3.63) is 66.2 Å². The fourth-order valence-electron chi connectivity index (χ4n) is 1.53. The average Bonchev–Trinajstić information content (AvgIpc) is 2.47. The Morgan fingerprint density at radius 2 is 1.50 bits per heavy atom. The lowest BCUT2D eigenvalue weighted by Gasteiger charge is -2.10. The highest BCUT2D eigenvalue weighted by molar-refractivity contribution is 5.85. The van der Waals surface area contributed by atoms with E-state index in [-0.39, 0.29) is 18.5 Å². The Bertz CT molecular complexity index is 437. The van der Waals surface area contributed by atoms with Gasteiger partial charge >= 0.3 is 0 Å². The molecule has 0 spiro atoms. The van der Waals surface area contributed by atoms with E-state index in [9.17, 15) is 5.11 Å². The van der Waals surface area contributed by atoms with Gasteiger partial charge in [0.15, 0.2) is 0 Å². The molecule has 1 atom stereocenters. The normalized spacial score (nSPS) is 10.7. The Morgan fingerprint density at radius 1 is 1.00 bits per heavy atom. The van der Waals surface area contributed by atoms with Gasteiger partial charge in [-0.1, -0.05) is 55.5 Å². The number of aliphatic hydroxyl groups excluding tert-OH is 1. The summed E-state index contributed by atoms with van der Waals surface area (Å²) in [6, 6.07) is 19.2. The van der Waals surface area contributed by atoms with Crippen molar-refractivity contribution in [3.63, 3.8) is 0 Å². The summed E-state index contributed by atoms with van der Waals surface area (Å²) in [7, 11) is 0. The highest BCUT2D eigenvalue weighted by Gasteiger charge is 2.03. The van der Waals surface area contributed by atoms with E-state index in [4.69, 9.17) is 5.73 Å². The molecule has 2 aromatic rings. The number of halogens is 1. The van der Waals surface area contributed by atoms with Crippen molar-refractivity contribution in [2.24, 2.45) is 0 Å². The first-order valence-electron chi connectivity index (χ1n) is 6.48. The quantitative estimate of drug-likeness (QED) is 0.760. The summed E-state index contributed by atoms with van der Waals surface area (Å²) >= 11 is 0. The first kappa shape index (κ1) is 18.4. The topological polar surface area (TPSA) is 58.3 Å². The molecule has 0 aliphatic heterocycles. The molecular weight excluding hydrogens is 272 g/mol. The number of nitrogens with two attached hydrogens (primary N) is 1. The van der Waals surface area contributed by atoms with Crippen LogP contribution in [0.5, 0.6) is 0 Å². The molecule has 0 aliphatic rings. The standard InChI is InChI=1S/C10H15NO.C6H7N.ClH/c1-2-11-8-10(12)9-6-4-3-5-7-9;7-6-4-2-1-3-5-6;/h3-7,10-12H,2,8H2,1H3;1-5H,7H2;1H. The summed E-state index contributed by atoms with van der Waals surface area (Å²) in [6.45, 7) is 3.54. The zero-order valence-electron chi connectivity index (χ0n) is 11.7. The minimum absolute atomic E-state index is 0. The molecule has 2 aromatic carbocycles. The van der Waals surface area contributed by atoms with Gasteiger partial charge in [-0.2, -0.15) is 0 Å². The molecule has 4 heteroatoms. The van der Waals surface area contributed by atoms with Crippen LogP contribution in [0.4, 0.5) is 5.69 Å². The van der Waals surface area contributed by atoms with E-state index in [1.807, 2.05) is 67.6 Å². The molecule has 0 radical (unpaired) electrons. The van der Waals surface area contributed by atoms with Gasteiger partial charge in [0, 0.05) is 12.2 Å². The van der Waals surface area contributed by atoms with Gasteiger partial charge in [0.2, 0.25) is 0 Å². The Hall–Kier alpha value is -1.55. The predicted molar refractivity (Wildman–Crippen MR) is 88.0 cm³/mol. The van der Waals surface area contributed by atoms with E-state index in [1.54, 1.807) is 0 Å². The highest BCUT2D eigenvalue weighted by Crippen LogP contribution is 2.09. The van der Waals surface area contributed by atoms with E-state index in [2.05, 4.69) is 5.32 Å². The van der Waals surface area contributed by atoms with Crippen LogP contribution < -0.4 is 11.1 Å². The molecule has 4 N–H and O–H groups in total. The molecule has 0 saturated carbocycles. The smallest absolute Gasteiger partial charge is 0.0914 e. The molecule has 0 aromatic heterocycles. The molecule has 0 aliphatic carbocycles. The Labute approximate surface area is 127 Å². The van der Waals surface area contributed by atoms with Gasteiger partial charge in [0.25, 0.3) is 0 Å². The first-order valence-corrected chi connectivity index (χ1v) is 6.48. The minimum atomic E-state index is -0.383. The number of aliphatic hydroxyl groups is 1. The predicted octanol–water partition coefficient (Wildman–Crippen LogP) is 3.02. The molecule has 0 heterocycles. The van der Waals surface area contributed by atoms with E-state index in [0.717, 1.165) is 17.8 Å². The van der Waals surface area contributed by atoms with E-state index >= 15 is 0 Å². The van der Waals surface area contributed by atoms with Gasteiger partial charge in [-0.05, 0) is 24.2 Å². The Kier molecular flexibility index (Phi) is 10.4. The van der Waals surface area contributed by atoms with Crippen LogP contribution in [0.1, 0.15) is 18.6 Å². The zero-order chi connectivity index (χ0) is 13.9. The number of nitrogens with one attached hydrogen (secondary N) is 1. The molecule has 2 rings (SSSR count). The molecule has 0 amide bonds. The van der Waals surface area contributed by atoms with Crippen molar-refractivity contribution >= 4 is 18.1 Å². The summed E-state index contributed by atoms with van der Waals surface area (Å²) in [5.74, 6) is 0. The lowest BCUT2D eigenvalue weighted by atomic mass is 10.1. The van der Waals surface area contributed by atoms with Crippen LogP contribution in [-0.4, -0.2) is 18.2 Å². The number of hydrogen-bond donors (Lipinski definition) is 3. The lowest BCUT2D eigenvalue weighted by Crippen LogP contribution is -2.20. The second kappa shape index (κ2) is 11.3. The first-order chi connectivity index (χ1) is 9.24. The van der Waals surface area contributed by atoms with Crippen LogP contribution in [0.25, 0.3) is 0 Å². The largest absolute Gasteiger partial charge is 0.399 e. The number of para-hydroxylation sites is 1. The molecule has 0 fully saturated rings. The number of anilines is 1. The average molecular weight is 295 g/mol. The van der Waals surface area contributed by atoms with Gasteiger partial charge < -0.3 is 16.2 Å². The van der Waals surface area contributed by atoms with Gasteiger partial charge in [-0.15, -0.1) is 12.4 Å². The van der Waals surface area contributed by atoms with Crippen molar-refractivity contribution in [2.75, 3.05) is 18.8 Å². The van der Waals surface area contributed by atoms with Gasteiger partial charge in [0.05, 0.1) is 6.10 Å². The van der Waals surface area contributed by atoms with Crippen molar-refractivity contribution in [1.29, 1.82) is 0 Å². The van der Waals surface area contributed by atoms with Crippen LogP contribution in [-0.2, 0) is 0 Å². The Balaban J connectivity index is 0.000000387. The number of likely N-dealkylation sites (N-methyl/N-ethyl adjacent to an activating group) is 1. The SMILES string of the molecule is CCNCC(O)c1ccccc1.Cl.Nc1ccccc1. The maximum atomic E-state index is 9.59. The number of hydrogen-bond acceptors (Lipinski definition) is 3. The third-order valence-corrected chi connectivity index (χ3v) is 2.57. The number of nitrogen functional groups attached to an aromatic ring is 1. The van der Waals surface area contributed by atoms with Gasteiger partial charge in [-0.25, -0.2) is 0 Å². The third-order valence-electron chi connectivity index (χ3n) is 2.57. The van der Waals surface area contributed by atoms with E-state index in [1.165, 1.54) is 0 Å². The Morgan fingerprint density at radius 3 is 1.90 bits per heavy atom. The maximum Gasteiger partial charge on any atom is 0.0914 e. The van der Waals surface area contributed by atoms with Crippen LogP contribution >= 0.6 is 12.4 Å². The molecule has 3 nitrogen and oxygen atoms in total. The van der Waals surface area contributed by atoms with Crippen molar-refractivity contribution in [1.82, 2.24) is 5.32 Å². The van der Waals surface area contributed by atoms with Crippen LogP contribution in [0.3, 0.4) is 0 Å². The monoisotopic (exact) mass is 294 g/mol.